The summed E-state index contributed by atoms with van der Waals surface area (Å²) in [6, 6.07) is 0.718. The number of rotatable bonds is 7. The SMILES string of the molecule is CCCNC1C(CN2CCC(CC)(CC)C2)CCC1(C)C. The number of nitrogens with zero attached hydrogens (tertiary/aromatic N) is 1. The molecule has 0 aromatic carbocycles. The van der Waals surface area contributed by atoms with Crippen molar-refractivity contribution in [3.8, 4) is 0 Å². The highest BCUT2D eigenvalue weighted by Gasteiger charge is 2.43. The number of hydrogen-bond acceptors (Lipinski definition) is 2. The minimum absolute atomic E-state index is 0.478. The molecule has 2 rings (SSSR count). The minimum atomic E-state index is 0.478. The van der Waals surface area contributed by atoms with Gasteiger partial charge < -0.3 is 10.2 Å². The molecule has 2 fully saturated rings. The Balaban J connectivity index is 1.93. The van der Waals surface area contributed by atoms with Gasteiger partial charge in [0.25, 0.3) is 0 Å². The normalized spacial score (nSPS) is 31.9. The summed E-state index contributed by atoms with van der Waals surface area (Å²) < 4.78 is 0. The van der Waals surface area contributed by atoms with Gasteiger partial charge in [-0.25, -0.2) is 0 Å². The summed E-state index contributed by atoms with van der Waals surface area (Å²) in [4.78, 5) is 2.78. The van der Waals surface area contributed by atoms with Crippen LogP contribution in [-0.2, 0) is 0 Å². The Bertz CT molecular complexity index is 320. The molecule has 124 valence electrons. The van der Waals surface area contributed by atoms with E-state index in [1.165, 1.54) is 64.7 Å². The molecule has 0 spiro atoms. The van der Waals surface area contributed by atoms with Crippen molar-refractivity contribution in [3.05, 3.63) is 0 Å². The Morgan fingerprint density at radius 2 is 1.81 bits per heavy atom. The maximum absolute atomic E-state index is 3.87. The van der Waals surface area contributed by atoms with Gasteiger partial charge in [-0.1, -0.05) is 34.6 Å². The summed E-state index contributed by atoms with van der Waals surface area (Å²) in [6.45, 7) is 17.2. The van der Waals surface area contributed by atoms with Gasteiger partial charge >= 0.3 is 0 Å². The molecule has 1 heterocycles. The lowest BCUT2D eigenvalue weighted by Gasteiger charge is -2.34. The van der Waals surface area contributed by atoms with Crippen LogP contribution in [0, 0.1) is 16.7 Å². The third-order valence-electron chi connectivity index (χ3n) is 6.60. The van der Waals surface area contributed by atoms with Crippen LogP contribution in [0.25, 0.3) is 0 Å². The molecule has 0 radical (unpaired) electrons. The van der Waals surface area contributed by atoms with Crippen LogP contribution in [0.5, 0.6) is 0 Å². The van der Waals surface area contributed by atoms with Gasteiger partial charge in [0.05, 0.1) is 0 Å². The zero-order valence-electron chi connectivity index (χ0n) is 15.2. The maximum atomic E-state index is 3.87. The van der Waals surface area contributed by atoms with Crippen LogP contribution in [0.2, 0.25) is 0 Å². The highest BCUT2D eigenvalue weighted by atomic mass is 15.2. The Morgan fingerprint density at radius 1 is 1.10 bits per heavy atom. The van der Waals surface area contributed by atoms with E-state index in [-0.39, 0.29) is 0 Å². The number of likely N-dealkylation sites (tertiary alicyclic amines) is 1. The van der Waals surface area contributed by atoms with Crippen molar-refractivity contribution in [2.24, 2.45) is 16.7 Å². The lowest BCUT2D eigenvalue weighted by atomic mass is 9.82. The quantitative estimate of drug-likeness (QED) is 0.753. The van der Waals surface area contributed by atoms with Gasteiger partial charge in [0.1, 0.15) is 0 Å². The van der Waals surface area contributed by atoms with E-state index in [0.29, 0.717) is 10.8 Å². The first-order valence-electron chi connectivity index (χ1n) is 9.42. The van der Waals surface area contributed by atoms with E-state index in [4.69, 9.17) is 0 Å². The third kappa shape index (κ3) is 3.82. The predicted octanol–water partition coefficient (Wildman–Crippen LogP) is 4.30. The Morgan fingerprint density at radius 3 is 2.38 bits per heavy atom. The van der Waals surface area contributed by atoms with E-state index in [0.717, 1.165) is 12.0 Å². The van der Waals surface area contributed by atoms with Crippen LogP contribution in [0.1, 0.15) is 73.1 Å². The van der Waals surface area contributed by atoms with Gasteiger partial charge in [-0.2, -0.15) is 0 Å². The Hall–Kier alpha value is -0.0800. The molecular formula is C19H38N2. The van der Waals surface area contributed by atoms with E-state index < -0.39 is 0 Å². The average Bonchev–Trinajstić information content (AvgIpc) is 3.00. The van der Waals surface area contributed by atoms with Crippen molar-refractivity contribution in [1.82, 2.24) is 10.2 Å². The highest BCUT2D eigenvalue weighted by molar-refractivity contribution is 4.98. The van der Waals surface area contributed by atoms with Crippen molar-refractivity contribution < 1.29 is 0 Å². The molecule has 1 aliphatic heterocycles. The van der Waals surface area contributed by atoms with Crippen molar-refractivity contribution in [3.63, 3.8) is 0 Å². The van der Waals surface area contributed by atoms with Crippen LogP contribution >= 0.6 is 0 Å². The first kappa shape index (κ1) is 17.3. The van der Waals surface area contributed by atoms with E-state index >= 15 is 0 Å². The molecule has 1 saturated heterocycles. The molecule has 0 bridgehead atoms. The van der Waals surface area contributed by atoms with Crippen LogP contribution < -0.4 is 5.32 Å². The monoisotopic (exact) mass is 294 g/mol. The Labute approximate surface area is 133 Å². The van der Waals surface area contributed by atoms with E-state index in [9.17, 15) is 0 Å². The highest BCUT2D eigenvalue weighted by Crippen LogP contribution is 2.43. The summed E-state index contributed by atoms with van der Waals surface area (Å²) in [5.41, 5.74) is 1.10. The molecule has 1 N–H and O–H groups in total. The maximum Gasteiger partial charge on any atom is 0.0159 e. The van der Waals surface area contributed by atoms with E-state index in [2.05, 4.69) is 44.8 Å². The molecule has 0 aromatic heterocycles. The summed E-state index contributed by atoms with van der Waals surface area (Å²) in [7, 11) is 0. The predicted molar refractivity (Wildman–Crippen MR) is 92.7 cm³/mol. The first-order chi connectivity index (χ1) is 9.96. The van der Waals surface area contributed by atoms with Crippen molar-refractivity contribution >= 4 is 0 Å². The zero-order valence-corrected chi connectivity index (χ0v) is 15.2. The summed E-state index contributed by atoms with van der Waals surface area (Å²) in [5, 5.41) is 3.87. The second-order valence-electron chi connectivity index (χ2n) is 8.41. The lowest BCUT2D eigenvalue weighted by Crippen LogP contribution is -2.46. The number of hydrogen-bond donors (Lipinski definition) is 1. The summed E-state index contributed by atoms with van der Waals surface area (Å²) in [5.74, 6) is 0.857. The molecule has 1 saturated carbocycles. The van der Waals surface area contributed by atoms with E-state index in [1.807, 2.05) is 0 Å². The van der Waals surface area contributed by atoms with Crippen LogP contribution in [0.15, 0.2) is 0 Å². The second-order valence-corrected chi connectivity index (χ2v) is 8.41. The van der Waals surface area contributed by atoms with E-state index in [1.54, 1.807) is 0 Å². The second kappa shape index (κ2) is 7.00. The van der Waals surface area contributed by atoms with Crippen molar-refractivity contribution in [2.45, 2.75) is 79.2 Å². The lowest BCUT2D eigenvalue weighted by molar-refractivity contribution is 0.183. The van der Waals surface area contributed by atoms with Gasteiger partial charge in [-0.3, -0.25) is 0 Å². The van der Waals surface area contributed by atoms with Gasteiger partial charge in [-0.05, 0) is 68.4 Å². The molecule has 0 amide bonds. The molecule has 1 aliphatic carbocycles. The van der Waals surface area contributed by atoms with Gasteiger partial charge in [-0.15, -0.1) is 0 Å². The van der Waals surface area contributed by atoms with Crippen LogP contribution in [-0.4, -0.2) is 37.1 Å². The fourth-order valence-corrected chi connectivity index (χ4v) is 4.80. The average molecular weight is 295 g/mol. The number of nitrogens with one attached hydrogen (secondary N) is 1. The molecular weight excluding hydrogens is 256 g/mol. The fraction of sp³-hybridized carbons (Fsp3) is 1.00. The molecule has 2 heteroatoms. The fourth-order valence-electron chi connectivity index (χ4n) is 4.80. The standard InChI is InChI=1S/C19H38N2/c1-6-12-20-17-16(9-10-18(17,4)5)14-21-13-11-19(7-2,8-3)15-21/h16-17,20H,6-15H2,1-5H3. The molecule has 0 aromatic rings. The van der Waals surface area contributed by atoms with Gasteiger partial charge in [0, 0.05) is 19.1 Å². The third-order valence-corrected chi connectivity index (χ3v) is 6.60. The van der Waals surface area contributed by atoms with Gasteiger partial charge in [0.15, 0.2) is 0 Å². The molecule has 2 unspecified atom stereocenters. The van der Waals surface area contributed by atoms with Gasteiger partial charge in [0.2, 0.25) is 0 Å². The van der Waals surface area contributed by atoms with Crippen molar-refractivity contribution in [1.29, 1.82) is 0 Å². The zero-order chi connectivity index (χ0) is 15.5. The van der Waals surface area contributed by atoms with Crippen molar-refractivity contribution in [2.75, 3.05) is 26.2 Å². The van der Waals surface area contributed by atoms with Crippen LogP contribution in [0.4, 0.5) is 0 Å². The smallest absolute Gasteiger partial charge is 0.0159 e. The molecule has 2 atom stereocenters. The summed E-state index contributed by atoms with van der Waals surface area (Å²) >= 11 is 0. The van der Waals surface area contributed by atoms with Crippen LogP contribution in [0.3, 0.4) is 0 Å². The summed E-state index contributed by atoms with van der Waals surface area (Å²) in [6.07, 6.45) is 8.18. The Kier molecular flexibility index (Phi) is 5.76. The molecule has 2 nitrogen and oxygen atoms in total. The molecule has 21 heavy (non-hydrogen) atoms. The topological polar surface area (TPSA) is 15.3 Å². The molecule has 2 aliphatic rings. The largest absolute Gasteiger partial charge is 0.313 e. The minimum Gasteiger partial charge on any atom is -0.313 e. The first-order valence-corrected chi connectivity index (χ1v) is 9.42.